The van der Waals surface area contributed by atoms with Gasteiger partial charge >= 0.3 is 5.97 Å². The van der Waals surface area contributed by atoms with Crippen LogP contribution in [-0.2, 0) is 9.53 Å². The maximum atomic E-state index is 13.4. The van der Waals surface area contributed by atoms with Crippen molar-refractivity contribution in [2.24, 2.45) is 0 Å². The number of benzene rings is 2. The van der Waals surface area contributed by atoms with Gasteiger partial charge in [0.15, 0.2) is 11.6 Å². The van der Waals surface area contributed by atoms with Crippen LogP contribution in [0.2, 0.25) is 0 Å². The van der Waals surface area contributed by atoms with E-state index in [1.165, 1.54) is 6.07 Å². The van der Waals surface area contributed by atoms with Crippen LogP contribution in [0.4, 0.5) is 8.78 Å². The number of hydrogen-bond donors (Lipinski definition) is 0. The van der Waals surface area contributed by atoms with Crippen molar-refractivity contribution in [1.82, 2.24) is 0 Å². The number of carbonyl (C=O) groups excluding carboxylic acids is 1. The lowest BCUT2D eigenvalue weighted by Crippen LogP contribution is -2.07. The van der Waals surface area contributed by atoms with E-state index in [0.717, 1.165) is 17.7 Å². The summed E-state index contributed by atoms with van der Waals surface area (Å²) in [5, 5.41) is 0. The summed E-state index contributed by atoms with van der Waals surface area (Å²) in [6.07, 6.45) is -0.692. The molecule has 2 aromatic rings. The molecule has 0 saturated carbocycles. The predicted octanol–water partition coefficient (Wildman–Crippen LogP) is 3.90. The first-order valence-corrected chi connectivity index (χ1v) is 6.47. The molecule has 0 spiro atoms. The third-order valence-electron chi connectivity index (χ3n) is 3.61. The fourth-order valence-corrected chi connectivity index (χ4v) is 2.55. The Bertz CT molecular complexity index is 710. The molecular weight excluding hydrogens is 274 g/mol. The quantitative estimate of drug-likeness (QED) is 0.618. The maximum Gasteiger partial charge on any atom is 0.334 e. The smallest absolute Gasteiger partial charge is 0.334 e. The van der Waals surface area contributed by atoms with Gasteiger partial charge in [-0.25, -0.2) is 13.6 Å². The monoisotopic (exact) mass is 286 g/mol. The summed E-state index contributed by atoms with van der Waals surface area (Å²) < 4.78 is 31.8. The summed E-state index contributed by atoms with van der Waals surface area (Å²) in [5.41, 5.74) is 1.58. The summed E-state index contributed by atoms with van der Waals surface area (Å²) in [5.74, 6) is -2.81. The SMILES string of the molecule is C=C1C(=O)O[C@H](c2ccc(F)c(F)c2)[C@@H]1c1ccccc1. The molecule has 2 aromatic carbocycles. The highest BCUT2D eigenvalue weighted by Crippen LogP contribution is 2.45. The van der Waals surface area contributed by atoms with Gasteiger partial charge in [-0.2, -0.15) is 0 Å². The molecule has 0 unspecified atom stereocenters. The van der Waals surface area contributed by atoms with E-state index in [9.17, 15) is 13.6 Å². The molecule has 0 bridgehead atoms. The molecule has 1 fully saturated rings. The van der Waals surface area contributed by atoms with E-state index < -0.39 is 29.6 Å². The summed E-state index contributed by atoms with van der Waals surface area (Å²) in [4.78, 5) is 11.8. The average molecular weight is 286 g/mol. The molecule has 1 aliphatic rings. The van der Waals surface area contributed by atoms with E-state index in [0.29, 0.717) is 11.1 Å². The molecule has 1 saturated heterocycles. The van der Waals surface area contributed by atoms with Crippen molar-refractivity contribution in [2.75, 3.05) is 0 Å². The Balaban J connectivity index is 2.05. The molecule has 2 nitrogen and oxygen atoms in total. The van der Waals surface area contributed by atoms with Crippen LogP contribution in [0.1, 0.15) is 23.1 Å². The first-order valence-electron chi connectivity index (χ1n) is 6.47. The van der Waals surface area contributed by atoms with Crippen LogP contribution in [0.3, 0.4) is 0 Å². The van der Waals surface area contributed by atoms with Gasteiger partial charge in [-0.3, -0.25) is 0 Å². The van der Waals surface area contributed by atoms with Gasteiger partial charge in [0.1, 0.15) is 6.10 Å². The van der Waals surface area contributed by atoms with Gasteiger partial charge in [-0.1, -0.05) is 43.0 Å². The molecule has 4 heteroatoms. The minimum atomic E-state index is -0.965. The van der Waals surface area contributed by atoms with Gasteiger partial charge in [0.25, 0.3) is 0 Å². The lowest BCUT2D eigenvalue weighted by atomic mass is 9.86. The number of cyclic esters (lactones) is 1. The summed E-state index contributed by atoms with van der Waals surface area (Å²) >= 11 is 0. The van der Waals surface area contributed by atoms with Crippen molar-refractivity contribution in [2.45, 2.75) is 12.0 Å². The van der Waals surface area contributed by atoms with Gasteiger partial charge in [-0.05, 0) is 23.3 Å². The number of ether oxygens (including phenoxy) is 1. The Morgan fingerprint density at radius 1 is 0.952 bits per heavy atom. The zero-order valence-corrected chi connectivity index (χ0v) is 11.1. The normalized spacial score (nSPS) is 21.4. The molecule has 3 rings (SSSR count). The molecular formula is C17H12F2O2. The number of hydrogen-bond acceptors (Lipinski definition) is 2. The zero-order valence-electron chi connectivity index (χ0n) is 11.1. The first-order chi connectivity index (χ1) is 10.1. The Morgan fingerprint density at radius 3 is 2.33 bits per heavy atom. The topological polar surface area (TPSA) is 26.3 Å². The fraction of sp³-hybridized carbons (Fsp3) is 0.118. The number of rotatable bonds is 2. The predicted molar refractivity (Wildman–Crippen MR) is 73.5 cm³/mol. The van der Waals surface area contributed by atoms with Crippen LogP contribution in [0.15, 0.2) is 60.7 Å². The molecule has 106 valence electrons. The second-order valence-corrected chi connectivity index (χ2v) is 4.91. The minimum absolute atomic E-state index is 0.316. The molecule has 0 aromatic heterocycles. The molecule has 1 heterocycles. The number of carbonyl (C=O) groups is 1. The number of esters is 1. The van der Waals surface area contributed by atoms with Crippen LogP contribution in [0.25, 0.3) is 0 Å². The maximum absolute atomic E-state index is 13.4. The Morgan fingerprint density at radius 2 is 1.67 bits per heavy atom. The minimum Gasteiger partial charge on any atom is -0.453 e. The van der Waals surface area contributed by atoms with E-state index >= 15 is 0 Å². The highest BCUT2D eigenvalue weighted by atomic mass is 19.2. The summed E-state index contributed by atoms with van der Waals surface area (Å²) in [6.45, 7) is 3.77. The van der Waals surface area contributed by atoms with Crippen molar-refractivity contribution in [3.8, 4) is 0 Å². The van der Waals surface area contributed by atoms with Crippen LogP contribution in [-0.4, -0.2) is 5.97 Å². The number of halogens is 2. The van der Waals surface area contributed by atoms with Crippen molar-refractivity contribution < 1.29 is 18.3 Å². The van der Waals surface area contributed by atoms with Gasteiger partial charge in [0, 0.05) is 5.57 Å². The Labute approximate surface area is 120 Å². The summed E-state index contributed by atoms with van der Waals surface area (Å²) in [6, 6.07) is 12.8. The van der Waals surface area contributed by atoms with Crippen molar-refractivity contribution in [3.63, 3.8) is 0 Å². The van der Waals surface area contributed by atoms with E-state index in [1.54, 1.807) is 0 Å². The van der Waals surface area contributed by atoms with E-state index in [1.807, 2.05) is 30.3 Å². The van der Waals surface area contributed by atoms with Gasteiger partial charge in [0.05, 0.1) is 5.92 Å². The van der Waals surface area contributed by atoms with Crippen LogP contribution < -0.4 is 0 Å². The van der Waals surface area contributed by atoms with Crippen molar-refractivity contribution in [1.29, 1.82) is 0 Å². The second kappa shape index (κ2) is 5.13. The Hall–Kier alpha value is -2.49. The average Bonchev–Trinajstić information content (AvgIpc) is 2.79. The molecule has 0 N–H and O–H groups in total. The molecule has 2 atom stereocenters. The highest BCUT2D eigenvalue weighted by molar-refractivity contribution is 5.92. The van der Waals surface area contributed by atoms with E-state index in [-0.39, 0.29) is 0 Å². The first kappa shape index (κ1) is 13.5. The standard InChI is InChI=1S/C17H12F2O2/c1-10-15(11-5-3-2-4-6-11)16(21-17(10)20)12-7-8-13(18)14(19)9-12/h2-9,15-16H,1H2/t15-,16+/m0/s1. The molecule has 0 amide bonds. The van der Waals surface area contributed by atoms with Crippen molar-refractivity contribution in [3.05, 3.63) is 83.4 Å². The largest absolute Gasteiger partial charge is 0.453 e. The van der Waals surface area contributed by atoms with Crippen LogP contribution in [0.5, 0.6) is 0 Å². The second-order valence-electron chi connectivity index (χ2n) is 4.91. The van der Waals surface area contributed by atoms with E-state index in [2.05, 4.69) is 6.58 Å². The molecule has 21 heavy (non-hydrogen) atoms. The van der Waals surface area contributed by atoms with Crippen molar-refractivity contribution >= 4 is 5.97 Å². The van der Waals surface area contributed by atoms with Crippen LogP contribution in [0, 0.1) is 11.6 Å². The summed E-state index contributed by atoms with van der Waals surface area (Å²) in [7, 11) is 0. The Kier molecular flexibility index (Phi) is 3.29. The third kappa shape index (κ3) is 2.33. The van der Waals surface area contributed by atoms with Gasteiger partial charge < -0.3 is 4.74 Å². The highest BCUT2D eigenvalue weighted by Gasteiger charge is 2.40. The van der Waals surface area contributed by atoms with Crippen LogP contribution >= 0.6 is 0 Å². The fourth-order valence-electron chi connectivity index (χ4n) is 2.55. The molecule has 1 aliphatic heterocycles. The lowest BCUT2D eigenvalue weighted by Gasteiger charge is -2.18. The van der Waals surface area contributed by atoms with Gasteiger partial charge in [-0.15, -0.1) is 0 Å². The molecule has 0 radical (unpaired) electrons. The van der Waals surface area contributed by atoms with Gasteiger partial charge in [0.2, 0.25) is 0 Å². The zero-order chi connectivity index (χ0) is 15.0. The molecule has 0 aliphatic carbocycles. The third-order valence-corrected chi connectivity index (χ3v) is 3.61. The van der Waals surface area contributed by atoms with E-state index in [4.69, 9.17) is 4.74 Å². The lowest BCUT2D eigenvalue weighted by molar-refractivity contribution is -0.139.